The van der Waals surface area contributed by atoms with Crippen LogP contribution in [-0.4, -0.2) is 29.1 Å². The first-order chi connectivity index (χ1) is 9.05. The molecule has 0 radical (unpaired) electrons. The second kappa shape index (κ2) is 5.93. The fourth-order valence-electron chi connectivity index (χ4n) is 2.75. The molecule has 1 saturated heterocycles. The van der Waals surface area contributed by atoms with Crippen LogP contribution >= 0.6 is 11.6 Å². The first-order valence-corrected chi connectivity index (χ1v) is 7.17. The van der Waals surface area contributed by atoms with Gasteiger partial charge in [-0.05, 0) is 50.6 Å². The van der Waals surface area contributed by atoms with E-state index in [1.807, 2.05) is 12.1 Å². The van der Waals surface area contributed by atoms with Crippen LogP contribution in [0.5, 0.6) is 0 Å². The fourth-order valence-corrected chi connectivity index (χ4v) is 2.94. The van der Waals surface area contributed by atoms with E-state index < -0.39 is 11.5 Å². The Morgan fingerprint density at radius 2 is 1.89 bits per heavy atom. The zero-order valence-corrected chi connectivity index (χ0v) is 12.0. The van der Waals surface area contributed by atoms with Gasteiger partial charge in [0.2, 0.25) is 0 Å². The van der Waals surface area contributed by atoms with E-state index in [1.54, 1.807) is 19.1 Å². The Morgan fingerprint density at radius 1 is 1.26 bits per heavy atom. The van der Waals surface area contributed by atoms with Gasteiger partial charge in [0.1, 0.15) is 5.54 Å². The van der Waals surface area contributed by atoms with Gasteiger partial charge >= 0.3 is 5.97 Å². The molecule has 104 valence electrons. The number of rotatable bonds is 3. The van der Waals surface area contributed by atoms with Gasteiger partial charge in [-0.3, -0.25) is 4.90 Å². The third kappa shape index (κ3) is 2.93. The molecule has 1 heterocycles. The molecule has 1 unspecified atom stereocenters. The van der Waals surface area contributed by atoms with E-state index in [0.29, 0.717) is 5.02 Å². The summed E-state index contributed by atoms with van der Waals surface area (Å²) in [6.07, 6.45) is 4.48. The van der Waals surface area contributed by atoms with Crippen LogP contribution in [0.15, 0.2) is 24.3 Å². The zero-order valence-electron chi connectivity index (χ0n) is 11.2. The van der Waals surface area contributed by atoms with E-state index >= 15 is 0 Å². The van der Waals surface area contributed by atoms with Crippen molar-refractivity contribution in [2.24, 2.45) is 0 Å². The van der Waals surface area contributed by atoms with Crippen molar-refractivity contribution in [1.82, 2.24) is 4.90 Å². The van der Waals surface area contributed by atoms with E-state index in [4.69, 9.17) is 11.6 Å². The minimum absolute atomic E-state index is 0.583. The monoisotopic (exact) mass is 281 g/mol. The molecule has 4 heteroatoms. The molecule has 2 rings (SSSR count). The van der Waals surface area contributed by atoms with Crippen LogP contribution < -0.4 is 0 Å². The van der Waals surface area contributed by atoms with Gasteiger partial charge < -0.3 is 5.11 Å². The molecular weight excluding hydrogens is 262 g/mol. The molecule has 1 aliphatic rings. The highest BCUT2D eigenvalue weighted by molar-refractivity contribution is 6.30. The predicted octanol–water partition coefficient (Wildman–Crippen LogP) is 3.52. The highest BCUT2D eigenvalue weighted by atomic mass is 35.5. The average molecular weight is 282 g/mol. The van der Waals surface area contributed by atoms with Crippen molar-refractivity contribution in [2.75, 3.05) is 13.1 Å². The molecule has 0 aliphatic carbocycles. The van der Waals surface area contributed by atoms with Crippen molar-refractivity contribution >= 4 is 17.6 Å². The van der Waals surface area contributed by atoms with Crippen LogP contribution in [0.25, 0.3) is 0 Å². The van der Waals surface area contributed by atoms with Crippen LogP contribution in [0.1, 0.15) is 38.2 Å². The maximum absolute atomic E-state index is 11.9. The predicted molar refractivity (Wildman–Crippen MR) is 76.5 cm³/mol. The summed E-state index contributed by atoms with van der Waals surface area (Å²) in [6, 6.07) is 7.21. The summed E-state index contributed by atoms with van der Waals surface area (Å²) in [7, 11) is 0. The van der Waals surface area contributed by atoms with Gasteiger partial charge in [-0.1, -0.05) is 36.6 Å². The lowest BCUT2D eigenvalue weighted by molar-refractivity contribution is -0.151. The standard InChI is InChI=1S/C15H20ClNO2/c1-15(14(18)19,12-7-6-8-13(16)11-12)17-9-4-2-3-5-10-17/h6-8,11H,2-5,9-10H2,1H3,(H,18,19). The number of carboxylic acid groups (broad SMARTS) is 1. The third-order valence-corrected chi connectivity index (χ3v) is 4.28. The van der Waals surface area contributed by atoms with Crippen LogP contribution in [-0.2, 0) is 10.3 Å². The molecule has 0 spiro atoms. The summed E-state index contributed by atoms with van der Waals surface area (Å²) >= 11 is 6.02. The van der Waals surface area contributed by atoms with Gasteiger partial charge in [-0.2, -0.15) is 0 Å². The van der Waals surface area contributed by atoms with Crippen LogP contribution in [0.3, 0.4) is 0 Å². The minimum atomic E-state index is -0.991. The van der Waals surface area contributed by atoms with Crippen LogP contribution in [0.2, 0.25) is 5.02 Å². The molecule has 1 fully saturated rings. The van der Waals surface area contributed by atoms with E-state index in [9.17, 15) is 9.90 Å². The maximum atomic E-state index is 11.9. The molecular formula is C15H20ClNO2. The molecule has 19 heavy (non-hydrogen) atoms. The smallest absolute Gasteiger partial charge is 0.328 e. The first-order valence-electron chi connectivity index (χ1n) is 6.79. The Morgan fingerprint density at radius 3 is 2.42 bits per heavy atom. The van der Waals surface area contributed by atoms with Gasteiger partial charge in [0.25, 0.3) is 0 Å². The molecule has 0 aromatic heterocycles. The fraction of sp³-hybridized carbons (Fsp3) is 0.533. The Balaban J connectivity index is 2.38. The lowest BCUT2D eigenvalue weighted by atomic mass is 9.89. The number of carboxylic acids is 1. The zero-order chi connectivity index (χ0) is 13.9. The highest BCUT2D eigenvalue weighted by Gasteiger charge is 2.41. The van der Waals surface area contributed by atoms with Crippen molar-refractivity contribution < 1.29 is 9.90 Å². The van der Waals surface area contributed by atoms with Crippen molar-refractivity contribution in [3.63, 3.8) is 0 Å². The Labute approximate surface area is 119 Å². The van der Waals surface area contributed by atoms with Crippen LogP contribution in [0, 0.1) is 0 Å². The lowest BCUT2D eigenvalue weighted by Crippen LogP contribution is -2.50. The quantitative estimate of drug-likeness (QED) is 0.922. The number of carbonyl (C=O) groups is 1. The number of aliphatic carboxylic acids is 1. The van der Waals surface area contributed by atoms with Gasteiger partial charge in [0.15, 0.2) is 0 Å². The average Bonchev–Trinajstić information content (AvgIpc) is 2.66. The van der Waals surface area contributed by atoms with Gasteiger partial charge in [0, 0.05) is 5.02 Å². The molecule has 0 saturated carbocycles. The number of hydrogen-bond acceptors (Lipinski definition) is 2. The Hall–Kier alpha value is -1.06. The number of halogens is 1. The summed E-state index contributed by atoms with van der Waals surface area (Å²) < 4.78 is 0. The van der Waals surface area contributed by atoms with E-state index in [1.165, 1.54) is 12.8 Å². The summed E-state index contributed by atoms with van der Waals surface area (Å²) in [5.74, 6) is -0.809. The summed E-state index contributed by atoms with van der Waals surface area (Å²) in [4.78, 5) is 13.9. The second-order valence-electron chi connectivity index (χ2n) is 5.29. The molecule has 1 atom stereocenters. The number of hydrogen-bond donors (Lipinski definition) is 1. The summed E-state index contributed by atoms with van der Waals surface area (Å²) in [5.41, 5.74) is -0.232. The molecule has 1 aromatic rings. The van der Waals surface area contributed by atoms with Gasteiger partial charge in [0.05, 0.1) is 0 Å². The molecule has 1 aliphatic heterocycles. The lowest BCUT2D eigenvalue weighted by Gasteiger charge is -2.37. The number of likely N-dealkylation sites (tertiary alicyclic amines) is 1. The summed E-state index contributed by atoms with van der Waals surface area (Å²) in [5, 5.41) is 10.3. The maximum Gasteiger partial charge on any atom is 0.328 e. The Kier molecular flexibility index (Phi) is 4.48. The van der Waals surface area contributed by atoms with E-state index in [2.05, 4.69) is 4.90 Å². The molecule has 0 bridgehead atoms. The van der Waals surface area contributed by atoms with Crippen LogP contribution in [0.4, 0.5) is 0 Å². The van der Waals surface area contributed by atoms with Crippen molar-refractivity contribution in [3.8, 4) is 0 Å². The Bertz CT molecular complexity index is 455. The molecule has 1 N–H and O–H groups in total. The van der Waals surface area contributed by atoms with E-state index in [0.717, 1.165) is 31.5 Å². The van der Waals surface area contributed by atoms with Crippen molar-refractivity contribution in [1.29, 1.82) is 0 Å². The SMILES string of the molecule is CC(C(=O)O)(c1cccc(Cl)c1)N1CCCCCC1. The first kappa shape index (κ1) is 14.4. The van der Waals surface area contributed by atoms with Gasteiger partial charge in [-0.25, -0.2) is 4.79 Å². The summed E-state index contributed by atoms with van der Waals surface area (Å²) in [6.45, 7) is 3.44. The van der Waals surface area contributed by atoms with Gasteiger partial charge in [-0.15, -0.1) is 0 Å². The largest absolute Gasteiger partial charge is 0.480 e. The second-order valence-corrected chi connectivity index (χ2v) is 5.73. The topological polar surface area (TPSA) is 40.5 Å². The van der Waals surface area contributed by atoms with Crippen molar-refractivity contribution in [3.05, 3.63) is 34.9 Å². The molecule has 1 aromatic carbocycles. The minimum Gasteiger partial charge on any atom is -0.480 e. The number of benzene rings is 1. The van der Waals surface area contributed by atoms with E-state index in [-0.39, 0.29) is 0 Å². The number of nitrogens with zero attached hydrogens (tertiary/aromatic N) is 1. The molecule has 3 nitrogen and oxygen atoms in total. The highest BCUT2D eigenvalue weighted by Crippen LogP contribution is 2.32. The normalized spacial score (nSPS) is 20.5. The third-order valence-electron chi connectivity index (χ3n) is 4.04. The van der Waals surface area contributed by atoms with Crippen molar-refractivity contribution in [2.45, 2.75) is 38.1 Å². The molecule has 0 amide bonds.